The predicted octanol–water partition coefficient (Wildman–Crippen LogP) is 4.44. The summed E-state index contributed by atoms with van der Waals surface area (Å²) < 4.78 is 38.4. The molecule has 0 aliphatic heterocycles. The molecular formula is C13H8ClF3INO. The van der Waals surface area contributed by atoms with Crippen LogP contribution < -0.4 is 0 Å². The minimum absolute atomic E-state index is 0.140. The van der Waals surface area contributed by atoms with Crippen LogP contribution in [-0.4, -0.2) is 10.1 Å². The molecule has 0 spiro atoms. The van der Waals surface area contributed by atoms with Crippen LogP contribution >= 0.6 is 34.2 Å². The van der Waals surface area contributed by atoms with Crippen LogP contribution in [0.2, 0.25) is 5.15 Å². The van der Waals surface area contributed by atoms with E-state index < -0.39 is 18.0 Å². The van der Waals surface area contributed by atoms with Crippen LogP contribution in [0.1, 0.15) is 22.9 Å². The van der Waals surface area contributed by atoms with Crippen molar-refractivity contribution in [2.75, 3.05) is 0 Å². The summed E-state index contributed by atoms with van der Waals surface area (Å²) in [5, 5.41) is 9.83. The second-order valence-electron chi connectivity index (χ2n) is 4.03. The van der Waals surface area contributed by atoms with Gasteiger partial charge in [0.05, 0.1) is 0 Å². The molecule has 0 saturated heterocycles. The molecule has 1 unspecified atom stereocenters. The molecule has 1 heterocycles. The smallest absolute Gasteiger partial charge is 0.384 e. The Balaban J connectivity index is 2.38. The van der Waals surface area contributed by atoms with Crippen molar-refractivity contribution in [3.05, 3.63) is 61.9 Å². The molecule has 1 atom stereocenters. The lowest BCUT2D eigenvalue weighted by atomic mass is 10.0. The molecule has 106 valence electrons. The fourth-order valence-corrected chi connectivity index (χ4v) is 2.49. The standard InChI is InChI=1S/C13H8ClF3INO/c14-12-9(4-5-10(19-12)13(15,16)17)11(20)7-2-1-3-8(18)6-7/h1-6,11,20H. The number of hydrogen-bond acceptors (Lipinski definition) is 2. The third-order valence-corrected chi connectivity index (χ3v) is 3.60. The van der Waals surface area contributed by atoms with E-state index in [0.29, 0.717) is 5.56 Å². The number of alkyl halides is 3. The summed E-state index contributed by atoms with van der Waals surface area (Å²) in [4.78, 5) is 3.29. The Kier molecular flexibility index (Phi) is 4.55. The van der Waals surface area contributed by atoms with E-state index in [1.54, 1.807) is 18.2 Å². The van der Waals surface area contributed by atoms with E-state index in [1.165, 1.54) is 0 Å². The van der Waals surface area contributed by atoms with Gasteiger partial charge in [0.2, 0.25) is 0 Å². The van der Waals surface area contributed by atoms with Gasteiger partial charge < -0.3 is 5.11 Å². The average molecular weight is 414 g/mol. The number of hydrogen-bond donors (Lipinski definition) is 1. The second-order valence-corrected chi connectivity index (χ2v) is 5.64. The fourth-order valence-electron chi connectivity index (χ4n) is 1.66. The van der Waals surface area contributed by atoms with Gasteiger partial charge in [0.1, 0.15) is 17.0 Å². The Hall–Kier alpha value is -0.860. The maximum Gasteiger partial charge on any atom is 0.433 e. The van der Waals surface area contributed by atoms with Crippen molar-refractivity contribution in [2.24, 2.45) is 0 Å². The molecule has 0 aliphatic carbocycles. The van der Waals surface area contributed by atoms with Gasteiger partial charge in [0.25, 0.3) is 0 Å². The third-order valence-electron chi connectivity index (χ3n) is 2.63. The van der Waals surface area contributed by atoms with Crippen molar-refractivity contribution < 1.29 is 18.3 Å². The van der Waals surface area contributed by atoms with Crippen LogP contribution in [0.4, 0.5) is 13.2 Å². The molecule has 1 aromatic heterocycles. The predicted molar refractivity (Wildman–Crippen MR) is 77.5 cm³/mol. The van der Waals surface area contributed by atoms with Crippen molar-refractivity contribution in [2.45, 2.75) is 12.3 Å². The fraction of sp³-hybridized carbons (Fsp3) is 0.154. The summed E-state index contributed by atoms with van der Waals surface area (Å²) in [5.74, 6) is 0. The molecule has 2 nitrogen and oxygen atoms in total. The summed E-state index contributed by atoms with van der Waals surface area (Å²) in [6.45, 7) is 0. The van der Waals surface area contributed by atoms with Gasteiger partial charge in [0.15, 0.2) is 0 Å². The van der Waals surface area contributed by atoms with Crippen LogP contribution in [0.15, 0.2) is 36.4 Å². The maximum absolute atomic E-state index is 12.5. The van der Waals surface area contributed by atoms with E-state index >= 15 is 0 Å². The van der Waals surface area contributed by atoms with Gasteiger partial charge in [-0.3, -0.25) is 0 Å². The summed E-state index contributed by atoms with van der Waals surface area (Å²) >= 11 is 7.82. The highest BCUT2D eigenvalue weighted by Gasteiger charge is 2.33. The molecule has 1 aromatic carbocycles. The molecule has 1 N–H and O–H groups in total. The van der Waals surface area contributed by atoms with Crippen molar-refractivity contribution >= 4 is 34.2 Å². The van der Waals surface area contributed by atoms with Crippen LogP contribution in [0.5, 0.6) is 0 Å². The monoisotopic (exact) mass is 413 g/mol. The van der Waals surface area contributed by atoms with E-state index in [2.05, 4.69) is 27.6 Å². The number of aliphatic hydroxyl groups excluding tert-OH is 1. The quantitative estimate of drug-likeness (QED) is 0.583. The largest absolute Gasteiger partial charge is 0.433 e. The Labute approximate surface area is 131 Å². The first kappa shape index (κ1) is 15.5. The van der Waals surface area contributed by atoms with Gasteiger partial charge in [-0.05, 0) is 46.4 Å². The van der Waals surface area contributed by atoms with Crippen LogP contribution in [0, 0.1) is 3.57 Å². The van der Waals surface area contributed by atoms with Crippen LogP contribution in [0.3, 0.4) is 0 Å². The first-order valence-corrected chi connectivity index (χ1v) is 6.92. The number of aliphatic hydroxyl groups is 1. The van der Waals surface area contributed by atoms with Crippen molar-refractivity contribution in [1.29, 1.82) is 0 Å². The van der Waals surface area contributed by atoms with Gasteiger partial charge >= 0.3 is 6.18 Å². The van der Waals surface area contributed by atoms with Crippen molar-refractivity contribution in [3.8, 4) is 0 Å². The number of halogens is 5. The highest BCUT2D eigenvalue weighted by molar-refractivity contribution is 14.1. The normalized spacial score (nSPS) is 13.3. The molecule has 0 saturated carbocycles. The zero-order chi connectivity index (χ0) is 14.9. The van der Waals surface area contributed by atoms with Crippen molar-refractivity contribution in [3.63, 3.8) is 0 Å². The highest BCUT2D eigenvalue weighted by Crippen LogP contribution is 2.33. The number of aromatic nitrogens is 1. The Morgan fingerprint density at radius 3 is 2.45 bits per heavy atom. The summed E-state index contributed by atoms with van der Waals surface area (Å²) in [7, 11) is 0. The van der Waals surface area contributed by atoms with E-state index in [1.807, 2.05) is 6.07 Å². The number of pyridine rings is 1. The minimum Gasteiger partial charge on any atom is -0.384 e. The van der Waals surface area contributed by atoms with E-state index in [0.717, 1.165) is 15.7 Å². The van der Waals surface area contributed by atoms with Crippen LogP contribution in [0.25, 0.3) is 0 Å². The molecule has 7 heteroatoms. The molecule has 0 fully saturated rings. The van der Waals surface area contributed by atoms with Crippen molar-refractivity contribution in [1.82, 2.24) is 4.98 Å². The van der Waals surface area contributed by atoms with Gasteiger partial charge in [-0.1, -0.05) is 29.8 Å². The lowest BCUT2D eigenvalue weighted by Gasteiger charge is -2.14. The first-order valence-electron chi connectivity index (χ1n) is 5.46. The summed E-state index contributed by atoms with van der Waals surface area (Å²) in [6.07, 6.45) is -5.68. The van der Waals surface area contributed by atoms with Gasteiger partial charge in [-0.2, -0.15) is 13.2 Å². The minimum atomic E-state index is -4.56. The lowest BCUT2D eigenvalue weighted by molar-refractivity contribution is -0.141. The maximum atomic E-state index is 12.5. The molecule has 0 aliphatic rings. The molecule has 0 radical (unpaired) electrons. The Morgan fingerprint density at radius 2 is 1.90 bits per heavy atom. The highest BCUT2D eigenvalue weighted by atomic mass is 127. The van der Waals surface area contributed by atoms with Gasteiger partial charge in [-0.15, -0.1) is 0 Å². The van der Waals surface area contributed by atoms with Crippen LogP contribution in [-0.2, 0) is 6.18 Å². The number of nitrogens with zero attached hydrogens (tertiary/aromatic N) is 1. The van der Waals surface area contributed by atoms with E-state index in [-0.39, 0.29) is 10.7 Å². The molecule has 0 bridgehead atoms. The Morgan fingerprint density at radius 1 is 1.20 bits per heavy atom. The summed E-state index contributed by atoms with van der Waals surface area (Å²) in [5.41, 5.74) is -0.400. The van der Waals surface area contributed by atoms with Gasteiger partial charge in [-0.25, -0.2) is 4.98 Å². The molecule has 2 rings (SSSR count). The number of rotatable bonds is 2. The van der Waals surface area contributed by atoms with Gasteiger partial charge in [0, 0.05) is 9.13 Å². The number of benzene rings is 1. The molecule has 20 heavy (non-hydrogen) atoms. The first-order chi connectivity index (χ1) is 9.29. The van der Waals surface area contributed by atoms with E-state index in [4.69, 9.17) is 11.6 Å². The molecule has 2 aromatic rings. The zero-order valence-corrected chi connectivity index (χ0v) is 12.7. The average Bonchev–Trinajstić information content (AvgIpc) is 2.36. The third kappa shape index (κ3) is 3.42. The lowest BCUT2D eigenvalue weighted by Crippen LogP contribution is -2.10. The molecular weight excluding hydrogens is 406 g/mol. The SMILES string of the molecule is OC(c1cccc(I)c1)c1ccc(C(F)(F)F)nc1Cl. The van der Waals surface area contributed by atoms with E-state index in [9.17, 15) is 18.3 Å². The Bertz CT molecular complexity index is 633. The summed E-state index contributed by atoms with van der Waals surface area (Å²) in [6, 6.07) is 8.91. The zero-order valence-electron chi connectivity index (χ0n) is 9.83. The molecule has 0 amide bonds. The topological polar surface area (TPSA) is 33.1 Å². The second kappa shape index (κ2) is 5.87.